The summed E-state index contributed by atoms with van der Waals surface area (Å²) in [5.41, 5.74) is -0.643. The number of amides is 1. The number of hydrogen-bond donors (Lipinski definition) is 3. The van der Waals surface area contributed by atoms with Crippen molar-refractivity contribution in [2.24, 2.45) is 0 Å². The van der Waals surface area contributed by atoms with E-state index in [0.29, 0.717) is 49.5 Å². The summed E-state index contributed by atoms with van der Waals surface area (Å²) in [5, 5.41) is 18.1. The van der Waals surface area contributed by atoms with Crippen LogP contribution in [0.15, 0.2) is 79.0 Å². The number of aromatic nitrogens is 2. The van der Waals surface area contributed by atoms with Gasteiger partial charge in [0.2, 0.25) is 5.69 Å². The van der Waals surface area contributed by atoms with Gasteiger partial charge in [-0.1, -0.05) is 12.1 Å². The third-order valence-electron chi connectivity index (χ3n) is 7.67. The van der Waals surface area contributed by atoms with Crippen LogP contribution in [0.5, 0.6) is 0 Å². The van der Waals surface area contributed by atoms with Gasteiger partial charge < -0.3 is 25.4 Å². The lowest BCUT2D eigenvalue weighted by atomic mass is 10.0. The quantitative estimate of drug-likeness (QED) is 0.182. The Balaban J connectivity index is 0.000000197. The number of rotatable bonds is 5. The lowest BCUT2D eigenvalue weighted by Crippen LogP contribution is -2.39. The van der Waals surface area contributed by atoms with E-state index in [1.807, 2.05) is 0 Å². The highest BCUT2D eigenvalue weighted by Gasteiger charge is 2.41. The van der Waals surface area contributed by atoms with Crippen LogP contribution in [0.4, 0.5) is 36.4 Å². The number of nitrogens with one attached hydrogen (secondary N) is 3. The molecule has 262 valence electrons. The molecular formula is C34H30F7N6O3+. The Morgan fingerprint density at radius 3 is 2.14 bits per heavy atom. The van der Waals surface area contributed by atoms with Gasteiger partial charge in [0.05, 0.1) is 37.1 Å². The van der Waals surface area contributed by atoms with Gasteiger partial charge in [0.1, 0.15) is 17.2 Å². The summed E-state index contributed by atoms with van der Waals surface area (Å²) < 4.78 is 104. The van der Waals surface area contributed by atoms with Crippen LogP contribution in [0.2, 0.25) is 0 Å². The molecule has 0 aliphatic carbocycles. The number of morpholine rings is 2. The Bertz CT molecular complexity index is 1850. The van der Waals surface area contributed by atoms with Gasteiger partial charge in [0.25, 0.3) is 11.6 Å². The molecule has 2 atom stereocenters. The Kier molecular flexibility index (Phi) is 11.4. The van der Waals surface area contributed by atoms with Gasteiger partial charge in [0.15, 0.2) is 6.20 Å². The zero-order valence-corrected chi connectivity index (χ0v) is 26.1. The number of alkyl halides is 6. The molecule has 2 saturated heterocycles. The van der Waals surface area contributed by atoms with Crippen molar-refractivity contribution in [1.29, 1.82) is 5.26 Å². The summed E-state index contributed by atoms with van der Waals surface area (Å²) in [6.07, 6.45) is -8.60. The van der Waals surface area contributed by atoms with Gasteiger partial charge in [0, 0.05) is 61.7 Å². The second-order valence-electron chi connectivity index (χ2n) is 11.1. The van der Waals surface area contributed by atoms with Gasteiger partial charge in [-0.2, -0.15) is 36.2 Å². The van der Waals surface area contributed by atoms with Gasteiger partial charge >= 0.3 is 12.4 Å². The van der Waals surface area contributed by atoms with Crippen LogP contribution in [0.25, 0.3) is 5.69 Å². The summed E-state index contributed by atoms with van der Waals surface area (Å²) >= 11 is 0. The molecule has 0 unspecified atom stereocenters. The summed E-state index contributed by atoms with van der Waals surface area (Å²) in [6, 6.07) is 17.6. The zero-order chi connectivity index (χ0) is 35.9. The highest BCUT2D eigenvalue weighted by molar-refractivity contribution is 6.03. The zero-order valence-electron chi connectivity index (χ0n) is 26.1. The van der Waals surface area contributed by atoms with Crippen molar-refractivity contribution in [3.63, 3.8) is 0 Å². The Morgan fingerprint density at radius 2 is 1.54 bits per heavy atom. The fourth-order valence-corrected chi connectivity index (χ4v) is 5.28. The van der Waals surface area contributed by atoms with E-state index in [0.717, 1.165) is 35.4 Å². The van der Waals surface area contributed by atoms with Gasteiger partial charge in [-0.25, -0.2) is 9.37 Å². The number of carbonyl (C=O) groups excluding carboxylic acids is 1. The molecule has 50 heavy (non-hydrogen) atoms. The van der Waals surface area contributed by atoms with Crippen molar-refractivity contribution < 1.29 is 49.6 Å². The van der Waals surface area contributed by atoms with E-state index in [9.17, 15) is 40.8 Å². The first-order chi connectivity index (χ1) is 23.8. The van der Waals surface area contributed by atoms with Crippen molar-refractivity contribution in [3.8, 4) is 11.8 Å². The van der Waals surface area contributed by atoms with Crippen molar-refractivity contribution >= 4 is 11.6 Å². The number of hydrogen-bond acceptors (Lipinski definition) is 7. The third kappa shape index (κ3) is 8.98. The molecule has 3 N–H and O–H groups in total. The molecule has 2 aromatic carbocycles. The molecule has 2 aliphatic heterocycles. The van der Waals surface area contributed by atoms with Crippen LogP contribution >= 0.6 is 0 Å². The smallest absolute Gasteiger partial charge is 0.371 e. The summed E-state index contributed by atoms with van der Waals surface area (Å²) in [6.45, 7) is 3.46. The molecule has 6 rings (SSSR count). The predicted molar refractivity (Wildman–Crippen MR) is 164 cm³/mol. The number of benzene rings is 2. The van der Waals surface area contributed by atoms with Crippen LogP contribution in [0.1, 0.15) is 50.8 Å². The van der Waals surface area contributed by atoms with Crippen LogP contribution in [0.3, 0.4) is 0 Å². The summed E-state index contributed by atoms with van der Waals surface area (Å²) in [7, 11) is 0. The van der Waals surface area contributed by atoms with E-state index in [2.05, 4.69) is 27.0 Å². The number of anilines is 1. The lowest BCUT2D eigenvalue weighted by molar-refractivity contribution is -0.620. The first kappa shape index (κ1) is 36.3. The standard InChI is InChI=1S/C18H15F3N4O2.C16H15F4N2O/c19-18(20,21)16-3-1-2-14(25-16)17(26)24-12-4-5-13(11(8-12)9-22)15-10-23-6-7-27-15;17-13-9-11(4-5-12(13)14-10-21-6-8-23-14)22-7-2-1-3-15(22)16(18,19)20/h1-5,8,15,23H,6-7,10H2,(H,24,26);1-5,7,9,14,21H,6,8,10H2/q;+1/t15-;14-/m01/s1. The van der Waals surface area contributed by atoms with E-state index in [4.69, 9.17) is 9.47 Å². The van der Waals surface area contributed by atoms with Crippen molar-refractivity contribution in [1.82, 2.24) is 15.6 Å². The van der Waals surface area contributed by atoms with Crippen LogP contribution in [-0.2, 0) is 21.8 Å². The number of pyridine rings is 2. The topological polar surface area (TPSA) is 112 Å². The van der Waals surface area contributed by atoms with Gasteiger partial charge in [-0.3, -0.25) is 4.79 Å². The van der Waals surface area contributed by atoms with E-state index in [1.165, 1.54) is 42.6 Å². The van der Waals surface area contributed by atoms with E-state index < -0.39 is 41.6 Å². The number of ether oxygens (including phenoxy) is 2. The maximum Gasteiger partial charge on any atom is 0.477 e. The van der Waals surface area contributed by atoms with E-state index in [-0.39, 0.29) is 23.2 Å². The monoisotopic (exact) mass is 703 g/mol. The average Bonchev–Trinajstić information content (AvgIpc) is 3.12. The number of nitrogens with zero attached hydrogens (tertiary/aromatic N) is 3. The molecule has 2 aromatic heterocycles. The molecule has 9 nitrogen and oxygen atoms in total. The highest BCUT2D eigenvalue weighted by atomic mass is 19.4. The molecule has 2 aliphatic rings. The Morgan fingerprint density at radius 1 is 0.860 bits per heavy atom. The molecule has 0 radical (unpaired) electrons. The molecule has 0 spiro atoms. The normalized spacial score (nSPS) is 18.0. The van der Waals surface area contributed by atoms with Crippen LogP contribution in [-0.4, -0.2) is 50.3 Å². The molecule has 0 bridgehead atoms. The summed E-state index contributed by atoms with van der Waals surface area (Å²) in [4.78, 5) is 15.6. The Hall–Kier alpha value is -4.95. The predicted octanol–water partition coefficient (Wildman–Crippen LogP) is 5.67. The van der Waals surface area contributed by atoms with Gasteiger partial charge in [-0.05, 0) is 42.0 Å². The second-order valence-corrected chi connectivity index (χ2v) is 11.1. The molecular weight excluding hydrogens is 673 g/mol. The Labute approximate surface area is 281 Å². The SMILES string of the molecule is Fc1cc(-[n+]2ccccc2C(F)(F)F)ccc1[C@H]1CNCCO1.N#Cc1cc(NC(=O)c2cccc(C(F)(F)F)n2)ccc1[C@@H]1CNCCO1. The van der Waals surface area contributed by atoms with Gasteiger partial charge in [-0.15, -0.1) is 0 Å². The minimum atomic E-state index is -4.64. The fourth-order valence-electron chi connectivity index (χ4n) is 5.28. The van der Waals surface area contributed by atoms with Crippen LogP contribution in [0, 0.1) is 17.1 Å². The second kappa shape index (κ2) is 15.7. The maximum atomic E-state index is 14.3. The average molecular weight is 704 g/mol. The van der Waals surface area contributed by atoms with Crippen molar-refractivity contribution in [2.45, 2.75) is 24.6 Å². The first-order valence-electron chi connectivity index (χ1n) is 15.3. The third-order valence-corrected chi connectivity index (χ3v) is 7.67. The fraction of sp³-hybridized carbons (Fsp3) is 0.294. The minimum absolute atomic E-state index is 0.114. The van der Waals surface area contributed by atoms with E-state index >= 15 is 0 Å². The van der Waals surface area contributed by atoms with E-state index in [1.54, 1.807) is 12.1 Å². The first-order valence-corrected chi connectivity index (χ1v) is 15.3. The molecule has 16 heteroatoms. The summed E-state index contributed by atoms with van der Waals surface area (Å²) in [5.74, 6) is -1.38. The lowest BCUT2D eigenvalue weighted by Gasteiger charge is -2.24. The molecule has 4 aromatic rings. The number of nitriles is 1. The molecule has 2 fully saturated rings. The van der Waals surface area contributed by atoms with Crippen molar-refractivity contribution in [2.75, 3.05) is 44.7 Å². The molecule has 4 heterocycles. The number of halogens is 7. The van der Waals surface area contributed by atoms with Crippen molar-refractivity contribution in [3.05, 3.63) is 119 Å². The molecule has 0 saturated carbocycles. The number of carbonyl (C=O) groups is 1. The maximum absolute atomic E-state index is 14.3. The molecule has 1 amide bonds. The highest BCUT2D eigenvalue weighted by Crippen LogP contribution is 2.30. The van der Waals surface area contributed by atoms with Crippen LogP contribution < -0.4 is 20.5 Å². The minimum Gasteiger partial charge on any atom is -0.371 e. The largest absolute Gasteiger partial charge is 0.477 e.